The van der Waals surface area contributed by atoms with E-state index >= 15 is 0 Å². The molecule has 0 spiro atoms. The molecule has 28 heavy (non-hydrogen) atoms. The van der Waals surface area contributed by atoms with E-state index in [1.54, 1.807) is 0 Å². The van der Waals surface area contributed by atoms with Crippen LogP contribution in [0, 0.1) is 26.7 Å². The number of benzene rings is 1. The molecular formula is C24H31N3O. The molecule has 148 valence electrons. The molecule has 0 aliphatic heterocycles. The average Bonchev–Trinajstić information content (AvgIpc) is 3.31. The summed E-state index contributed by atoms with van der Waals surface area (Å²) in [6.07, 6.45) is 5.33. The standard InChI is InChI=1S/C24H31N3O/c1-6-28-21-13-11-20(12-14-21)27-17(4)22-16(3)25-26-24(23(22)18(27)5)15(2)19-9-7-8-10-19/h11-15,19H,6-10H2,1-5H3. The molecule has 1 aliphatic rings. The summed E-state index contributed by atoms with van der Waals surface area (Å²) in [5, 5.41) is 11.8. The second kappa shape index (κ2) is 7.57. The van der Waals surface area contributed by atoms with Gasteiger partial charge in [-0.15, -0.1) is 0 Å². The van der Waals surface area contributed by atoms with E-state index < -0.39 is 0 Å². The SMILES string of the molecule is CCOc1ccc(-n2c(C)c3c(C)nnc(C(C)C4CCCC4)c3c2C)cc1. The molecule has 1 fully saturated rings. The van der Waals surface area contributed by atoms with Crippen molar-refractivity contribution in [3.63, 3.8) is 0 Å². The third-order valence-electron chi connectivity index (χ3n) is 6.51. The molecule has 1 saturated carbocycles. The molecule has 0 bridgehead atoms. The van der Waals surface area contributed by atoms with Gasteiger partial charge in [0.1, 0.15) is 5.75 Å². The van der Waals surface area contributed by atoms with Crippen molar-refractivity contribution in [2.45, 2.75) is 66.2 Å². The van der Waals surface area contributed by atoms with Gasteiger partial charge in [-0.1, -0.05) is 19.8 Å². The van der Waals surface area contributed by atoms with Gasteiger partial charge in [-0.3, -0.25) is 0 Å². The summed E-state index contributed by atoms with van der Waals surface area (Å²) >= 11 is 0. The molecule has 1 aromatic carbocycles. The summed E-state index contributed by atoms with van der Waals surface area (Å²) in [6, 6.07) is 8.38. The van der Waals surface area contributed by atoms with Crippen LogP contribution in [0.3, 0.4) is 0 Å². The third kappa shape index (κ3) is 3.09. The highest BCUT2D eigenvalue weighted by molar-refractivity contribution is 5.93. The zero-order chi connectivity index (χ0) is 19.8. The molecule has 2 heterocycles. The maximum Gasteiger partial charge on any atom is 0.119 e. The quantitative estimate of drug-likeness (QED) is 0.544. The fraction of sp³-hybridized carbons (Fsp3) is 0.500. The summed E-state index contributed by atoms with van der Waals surface area (Å²) in [5.41, 5.74) is 5.85. The molecule has 0 radical (unpaired) electrons. The average molecular weight is 378 g/mol. The van der Waals surface area contributed by atoms with E-state index in [1.165, 1.54) is 53.5 Å². The van der Waals surface area contributed by atoms with E-state index in [4.69, 9.17) is 9.84 Å². The van der Waals surface area contributed by atoms with Crippen molar-refractivity contribution >= 4 is 10.8 Å². The number of aromatic nitrogens is 3. The number of ether oxygens (including phenoxy) is 1. The molecule has 1 aliphatic carbocycles. The van der Waals surface area contributed by atoms with Gasteiger partial charge in [0.25, 0.3) is 0 Å². The molecular weight excluding hydrogens is 346 g/mol. The Morgan fingerprint density at radius 1 is 1.00 bits per heavy atom. The van der Waals surface area contributed by atoms with Gasteiger partial charge in [0, 0.05) is 33.8 Å². The predicted octanol–water partition coefficient (Wildman–Crippen LogP) is 6.04. The van der Waals surface area contributed by atoms with Crippen molar-refractivity contribution in [1.29, 1.82) is 0 Å². The van der Waals surface area contributed by atoms with Crippen molar-refractivity contribution in [2.75, 3.05) is 6.61 Å². The number of fused-ring (bicyclic) bond motifs is 1. The Balaban J connectivity index is 1.87. The van der Waals surface area contributed by atoms with E-state index in [2.05, 4.69) is 49.5 Å². The van der Waals surface area contributed by atoms with Crippen LogP contribution in [0.25, 0.3) is 16.5 Å². The van der Waals surface area contributed by atoms with Crippen LogP contribution in [-0.2, 0) is 0 Å². The summed E-state index contributed by atoms with van der Waals surface area (Å²) in [5.74, 6) is 2.09. The molecule has 2 aromatic heterocycles. The first kappa shape index (κ1) is 19.0. The molecule has 0 saturated heterocycles. The Labute approximate surface area is 167 Å². The lowest BCUT2D eigenvalue weighted by Gasteiger charge is -2.19. The maximum atomic E-state index is 5.61. The Morgan fingerprint density at radius 3 is 2.29 bits per heavy atom. The van der Waals surface area contributed by atoms with E-state index in [9.17, 15) is 0 Å². The topological polar surface area (TPSA) is 39.9 Å². The monoisotopic (exact) mass is 377 g/mol. The molecule has 0 amide bonds. The summed E-state index contributed by atoms with van der Waals surface area (Å²) in [4.78, 5) is 0. The Hall–Kier alpha value is -2.36. The number of hydrogen-bond donors (Lipinski definition) is 0. The van der Waals surface area contributed by atoms with Gasteiger partial charge in [-0.05, 0) is 70.7 Å². The van der Waals surface area contributed by atoms with Gasteiger partial charge in [0.05, 0.1) is 18.0 Å². The van der Waals surface area contributed by atoms with Crippen LogP contribution in [0.5, 0.6) is 5.75 Å². The van der Waals surface area contributed by atoms with Crippen LogP contribution in [-0.4, -0.2) is 21.4 Å². The second-order valence-corrected chi connectivity index (χ2v) is 8.19. The van der Waals surface area contributed by atoms with E-state index in [1.807, 2.05) is 19.1 Å². The van der Waals surface area contributed by atoms with E-state index in [-0.39, 0.29) is 0 Å². The van der Waals surface area contributed by atoms with Crippen LogP contribution in [0.15, 0.2) is 24.3 Å². The fourth-order valence-electron chi connectivity index (χ4n) is 5.07. The highest BCUT2D eigenvalue weighted by Crippen LogP contribution is 2.41. The second-order valence-electron chi connectivity index (χ2n) is 8.19. The highest BCUT2D eigenvalue weighted by Gasteiger charge is 2.28. The summed E-state index contributed by atoms with van der Waals surface area (Å²) < 4.78 is 7.96. The zero-order valence-electron chi connectivity index (χ0n) is 17.7. The van der Waals surface area contributed by atoms with Gasteiger partial charge in [-0.25, -0.2) is 0 Å². The van der Waals surface area contributed by atoms with Crippen molar-refractivity contribution < 1.29 is 4.74 Å². The van der Waals surface area contributed by atoms with Crippen molar-refractivity contribution in [1.82, 2.24) is 14.8 Å². The Kier molecular flexibility index (Phi) is 5.13. The van der Waals surface area contributed by atoms with Crippen LogP contribution in [0.2, 0.25) is 0 Å². The largest absolute Gasteiger partial charge is 0.494 e. The first-order valence-electron chi connectivity index (χ1n) is 10.6. The van der Waals surface area contributed by atoms with Gasteiger partial charge >= 0.3 is 0 Å². The van der Waals surface area contributed by atoms with Gasteiger partial charge in [0.2, 0.25) is 0 Å². The van der Waals surface area contributed by atoms with Crippen LogP contribution in [0.4, 0.5) is 0 Å². The Morgan fingerprint density at radius 2 is 1.64 bits per heavy atom. The molecule has 3 aromatic rings. The van der Waals surface area contributed by atoms with Gasteiger partial charge in [-0.2, -0.15) is 10.2 Å². The van der Waals surface area contributed by atoms with Crippen molar-refractivity contribution in [3.8, 4) is 11.4 Å². The molecule has 4 heteroatoms. The molecule has 4 nitrogen and oxygen atoms in total. The lowest BCUT2D eigenvalue weighted by molar-refractivity contribution is 0.340. The number of nitrogens with zero attached hydrogens (tertiary/aromatic N) is 3. The predicted molar refractivity (Wildman–Crippen MR) is 115 cm³/mol. The third-order valence-corrected chi connectivity index (χ3v) is 6.51. The maximum absolute atomic E-state index is 5.61. The van der Waals surface area contributed by atoms with E-state index in [0.29, 0.717) is 12.5 Å². The number of rotatable bonds is 5. The molecule has 1 atom stereocenters. The lowest BCUT2D eigenvalue weighted by atomic mass is 9.87. The normalized spacial score (nSPS) is 16.0. The summed E-state index contributed by atoms with van der Waals surface area (Å²) in [7, 11) is 0. The molecule has 4 rings (SSSR count). The van der Waals surface area contributed by atoms with Crippen molar-refractivity contribution in [3.05, 3.63) is 47.0 Å². The van der Waals surface area contributed by atoms with Crippen LogP contribution in [0.1, 0.15) is 68.2 Å². The smallest absolute Gasteiger partial charge is 0.119 e. The Bertz CT molecular complexity index is 981. The number of aryl methyl sites for hydroxylation is 3. The first-order chi connectivity index (χ1) is 13.5. The van der Waals surface area contributed by atoms with Crippen LogP contribution >= 0.6 is 0 Å². The van der Waals surface area contributed by atoms with Gasteiger partial charge in [0.15, 0.2) is 0 Å². The first-order valence-corrected chi connectivity index (χ1v) is 10.6. The minimum atomic E-state index is 0.451. The van der Waals surface area contributed by atoms with Crippen LogP contribution < -0.4 is 4.74 Å². The van der Waals surface area contributed by atoms with Gasteiger partial charge < -0.3 is 9.30 Å². The van der Waals surface area contributed by atoms with Crippen molar-refractivity contribution in [2.24, 2.45) is 5.92 Å². The highest BCUT2D eigenvalue weighted by atomic mass is 16.5. The molecule has 1 unspecified atom stereocenters. The van der Waals surface area contributed by atoms with E-state index in [0.717, 1.165) is 23.0 Å². The fourth-order valence-corrected chi connectivity index (χ4v) is 5.07. The molecule has 0 N–H and O–H groups in total. The minimum absolute atomic E-state index is 0.451. The lowest BCUT2D eigenvalue weighted by Crippen LogP contribution is -2.10. The number of hydrogen-bond acceptors (Lipinski definition) is 3. The summed E-state index contributed by atoms with van der Waals surface area (Å²) in [6.45, 7) is 11.5. The zero-order valence-corrected chi connectivity index (χ0v) is 17.7. The minimum Gasteiger partial charge on any atom is -0.494 e.